The molecule has 1 aromatic heterocycles. The summed E-state index contributed by atoms with van der Waals surface area (Å²) in [5, 5.41) is 0.910. The molecule has 1 heterocycles. The topological polar surface area (TPSA) is 56.0 Å². The molecule has 0 saturated carbocycles. The van der Waals surface area contributed by atoms with Crippen LogP contribution >= 0.6 is 11.6 Å². The van der Waals surface area contributed by atoms with E-state index in [2.05, 4.69) is 4.98 Å². The lowest BCUT2D eigenvalue weighted by Gasteiger charge is -2.26. The van der Waals surface area contributed by atoms with Crippen LogP contribution in [0.1, 0.15) is 22.5 Å². The van der Waals surface area contributed by atoms with Crippen LogP contribution in [0, 0.1) is 5.92 Å². The van der Waals surface area contributed by atoms with Crippen molar-refractivity contribution in [3.05, 3.63) is 34.5 Å². The van der Waals surface area contributed by atoms with Crippen LogP contribution in [0.3, 0.4) is 0 Å². The minimum absolute atomic E-state index is 0.102. The van der Waals surface area contributed by atoms with Crippen molar-refractivity contribution in [3.8, 4) is 0 Å². The summed E-state index contributed by atoms with van der Waals surface area (Å²) in [6.07, 6.45) is -5.33. The Kier molecular flexibility index (Phi) is 3.09. The maximum Gasteiger partial charge on any atom is 0.392 e. The van der Waals surface area contributed by atoms with E-state index in [0.717, 1.165) is 0 Å². The lowest BCUT2D eigenvalue weighted by atomic mass is 9.84. The van der Waals surface area contributed by atoms with Crippen molar-refractivity contribution >= 4 is 34.0 Å². The molecule has 0 bridgehead atoms. The van der Waals surface area contributed by atoms with E-state index < -0.39 is 24.3 Å². The number of benzene rings is 1. The number of pyridine rings is 1. The maximum absolute atomic E-state index is 12.8. The number of rotatable bonds is 0. The average molecular weight is 315 g/mol. The van der Waals surface area contributed by atoms with Crippen LogP contribution in [0.4, 0.5) is 18.9 Å². The Morgan fingerprint density at radius 3 is 2.67 bits per heavy atom. The normalized spacial score (nSPS) is 18.9. The Hall–Kier alpha value is -1.82. The van der Waals surface area contributed by atoms with Gasteiger partial charge in [0.2, 0.25) is 0 Å². The summed E-state index contributed by atoms with van der Waals surface area (Å²) >= 11 is 5.88. The fraction of sp³-hybridized carbons (Fsp3) is 0.286. The van der Waals surface area contributed by atoms with Crippen LogP contribution in [-0.2, 0) is 6.42 Å². The summed E-state index contributed by atoms with van der Waals surface area (Å²) in [4.78, 5) is 16.2. The van der Waals surface area contributed by atoms with Crippen LogP contribution in [0.2, 0.25) is 5.02 Å². The Balaban J connectivity index is 2.21. The summed E-state index contributed by atoms with van der Waals surface area (Å²) in [5.41, 5.74) is 6.76. The van der Waals surface area contributed by atoms with Crippen LogP contribution in [-0.4, -0.2) is 16.9 Å². The molecule has 1 aliphatic rings. The molecule has 0 spiro atoms. The number of carbonyl (C=O) groups is 1. The number of nitrogens with two attached hydrogens (primary N) is 1. The van der Waals surface area contributed by atoms with Gasteiger partial charge < -0.3 is 5.73 Å². The van der Waals surface area contributed by atoms with Gasteiger partial charge in [-0.15, -0.1) is 0 Å². The molecule has 110 valence electrons. The minimum atomic E-state index is -4.42. The molecule has 21 heavy (non-hydrogen) atoms. The molecule has 2 N–H and O–H groups in total. The standard InChI is InChI=1S/C14H10ClF3N2O/c15-7-1-2-9-8(5-7)13(19)12-10(20-9)3-6(4-11(12)21)14(16,17)18/h1-2,5-6H,3-4H2,(H2,19,20). The zero-order chi connectivity index (χ0) is 15.4. The van der Waals surface area contributed by atoms with E-state index in [1.165, 1.54) is 0 Å². The number of anilines is 1. The number of alkyl halides is 3. The number of aromatic nitrogens is 1. The molecule has 3 nitrogen and oxygen atoms in total. The molecule has 7 heteroatoms. The first-order valence-corrected chi connectivity index (χ1v) is 6.62. The van der Waals surface area contributed by atoms with Crippen LogP contribution in [0.25, 0.3) is 10.9 Å². The van der Waals surface area contributed by atoms with Gasteiger partial charge in [0.05, 0.1) is 28.4 Å². The highest BCUT2D eigenvalue weighted by Crippen LogP contribution is 2.39. The number of nitrogen functional groups attached to an aromatic ring is 1. The first-order valence-electron chi connectivity index (χ1n) is 6.25. The van der Waals surface area contributed by atoms with Crippen molar-refractivity contribution in [1.29, 1.82) is 0 Å². The van der Waals surface area contributed by atoms with E-state index >= 15 is 0 Å². The van der Waals surface area contributed by atoms with E-state index in [0.29, 0.717) is 15.9 Å². The molecule has 3 rings (SSSR count). The van der Waals surface area contributed by atoms with Gasteiger partial charge in [0, 0.05) is 23.3 Å². The lowest BCUT2D eigenvalue weighted by Crippen LogP contribution is -2.33. The van der Waals surface area contributed by atoms with Crippen molar-refractivity contribution in [2.45, 2.75) is 19.0 Å². The average Bonchev–Trinajstić information content (AvgIpc) is 2.38. The Bertz CT molecular complexity index is 758. The van der Waals surface area contributed by atoms with Crippen molar-refractivity contribution < 1.29 is 18.0 Å². The molecule has 1 aromatic carbocycles. The summed E-state index contributed by atoms with van der Waals surface area (Å²) in [6.45, 7) is 0. The number of ketones is 1. The predicted octanol–water partition coefficient (Wildman–Crippen LogP) is 3.78. The first-order chi connectivity index (χ1) is 9.77. The summed E-state index contributed by atoms with van der Waals surface area (Å²) in [5.74, 6) is -2.32. The third kappa shape index (κ3) is 2.33. The lowest BCUT2D eigenvalue weighted by molar-refractivity contribution is -0.174. The molecule has 0 fully saturated rings. The zero-order valence-corrected chi connectivity index (χ0v) is 11.4. The van der Waals surface area contributed by atoms with Crippen LogP contribution in [0.15, 0.2) is 18.2 Å². The number of hydrogen-bond acceptors (Lipinski definition) is 3. The maximum atomic E-state index is 12.8. The number of fused-ring (bicyclic) bond motifs is 2. The van der Waals surface area contributed by atoms with Crippen LogP contribution in [0.5, 0.6) is 0 Å². The highest BCUT2D eigenvalue weighted by molar-refractivity contribution is 6.31. The summed E-state index contributed by atoms with van der Waals surface area (Å²) in [7, 11) is 0. The van der Waals surface area contributed by atoms with Gasteiger partial charge in [-0.2, -0.15) is 13.2 Å². The quantitative estimate of drug-likeness (QED) is 0.805. The molecular weight excluding hydrogens is 305 g/mol. The molecule has 1 aliphatic carbocycles. The van der Waals surface area contributed by atoms with Crippen molar-refractivity contribution in [1.82, 2.24) is 4.98 Å². The van der Waals surface area contributed by atoms with Gasteiger partial charge in [-0.1, -0.05) is 11.6 Å². The second kappa shape index (κ2) is 4.59. The number of halogens is 4. The van der Waals surface area contributed by atoms with Gasteiger partial charge in [0.25, 0.3) is 0 Å². The second-order valence-corrected chi connectivity index (χ2v) is 5.52. The van der Waals surface area contributed by atoms with E-state index in [9.17, 15) is 18.0 Å². The number of nitrogens with zero attached hydrogens (tertiary/aromatic N) is 1. The van der Waals surface area contributed by atoms with E-state index in [4.69, 9.17) is 17.3 Å². The van der Waals surface area contributed by atoms with Gasteiger partial charge in [-0.05, 0) is 18.2 Å². The number of hydrogen-bond donors (Lipinski definition) is 1. The minimum Gasteiger partial charge on any atom is -0.398 e. The monoisotopic (exact) mass is 314 g/mol. The molecule has 1 unspecified atom stereocenters. The molecular formula is C14H10ClF3N2O. The second-order valence-electron chi connectivity index (χ2n) is 5.08. The van der Waals surface area contributed by atoms with E-state index in [1.807, 2.05) is 0 Å². The molecule has 0 aliphatic heterocycles. The third-order valence-corrected chi connectivity index (χ3v) is 3.91. The Labute approximate surface area is 122 Å². The molecule has 0 saturated heterocycles. The summed E-state index contributed by atoms with van der Waals surface area (Å²) in [6, 6.07) is 4.72. The highest BCUT2D eigenvalue weighted by Gasteiger charge is 2.44. The number of carbonyl (C=O) groups excluding carboxylic acids is 1. The number of Topliss-reactive ketones (excluding diaryl/α,β-unsaturated/α-hetero) is 1. The van der Waals surface area contributed by atoms with Crippen LogP contribution < -0.4 is 5.73 Å². The molecule has 0 amide bonds. The zero-order valence-electron chi connectivity index (χ0n) is 10.7. The van der Waals surface area contributed by atoms with Crippen molar-refractivity contribution in [2.24, 2.45) is 5.92 Å². The molecule has 2 aromatic rings. The van der Waals surface area contributed by atoms with Gasteiger partial charge in [-0.25, -0.2) is 0 Å². The Morgan fingerprint density at radius 1 is 1.29 bits per heavy atom. The predicted molar refractivity (Wildman–Crippen MR) is 73.4 cm³/mol. The highest BCUT2D eigenvalue weighted by atomic mass is 35.5. The van der Waals surface area contributed by atoms with Crippen molar-refractivity contribution in [2.75, 3.05) is 5.73 Å². The van der Waals surface area contributed by atoms with Crippen molar-refractivity contribution in [3.63, 3.8) is 0 Å². The first kappa shape index (κ1) is 14.1. The third-order valence-electron chi connectivity index (χ3n) is 3.68. The fourth-order valence-corrected chi connectivity index (χ4v) is 2.81. The SMILES string of the molecule is Nc1c2c(nc3ccc(Cl)cc13)CC(C(F)(F)F)CC2=O. The van der Waals surface area contributed by atoms with Gasteiger partial charge in [0.15, 0.2) is 5.78 Å². The summed E-state index contributed by atoms with van der Waals surface area (Å²) < 4.78 is 38.5. The van der Waals surface area contributed by atoms with E-state index in [-0.39, 0.29) is 23.4 Å². The molecule has 0 radical (unpaired) electrons. The largest absolute Gasteiger partial charge is 0.398 e. The van der Waals surface area contributed by atoms with Gasteiger partial charge in [-0.3, -0.25) is 9.78 Å². The van der Waals surface area contributed by atoms with Gasteiger partial charge in [0.1, 0.15) is 0 Å². The smallest absolute Gasteiger partial charge is 0.392 e. The Morgan fingerprint density at radius 2 is 2.00 bits per heavy atom. The van der Waals surface area contributed by atoms with Gasteiger partial charge >= 0.3 is 6.18 Å². The molecule has 1 atom stereocenters. The van der Waals surface area contributed by atoms with E-state index in [1.54, 1.807) is 18.2 Å². The fourth-order valence-electron chi connectivity index (χ4n) is 2.63.